The van der Waals surface area contributed by atoms with Crippen molar-refractivity contribution in [1.82, 2.24) is 15.1 Å². The number of hydrogen-bond acceptors (Lipinski definition) is 5. The van der Waals surface area contributed by atoms with E-state index in [1.807, 2.05) is 0 Å². The molecule has 0 aromatic carbocycles. The molecular weight excluding hydrogens is 274 g/mol. The summed E-state index contributed by atoms with van der Waals surface area (Å²) in [6.45, 7) is 11.1. The Balaban J connectivity index is 1.60. The van der Waals surface area contributed by atoms with Crippen molar-refractivity contribution in [2.45, 2.75) is 38.8 Å². The van der Waals surface area contributed by atoms with E-state index in [1.54, 1.807) is 0 Å². The Bertz CT molecular complexity index is 391. The fraction of sp³-hybridized carbons (Fsp3) is 1.00. The third kappa shape index (κ3) is 4.69. The maximum absolute atomic E-state index is 11.4. The monoisotopic (exact) mass is 303 g/mol. The molecule has 0 radical (unpaired) electrons. The van der Waals surface area contributed by atoms with E-state index in [1.165, 1.54) is 6.42 Å². The second-order valence-corrected chi connectivity index (χ2v) is 8.42. The van der Waals surface area contributed by atoms with Crippen molar-refractivity contribution < 1.29 is 8.42 Å². The van der Waals surface area contributed by atoms with Gasteiger partial charge >= 0.3 is 0 Å². The molecule has 2 fully saturated rings. The normalized spacial score (nSPS) is 29.6. The highest BCUT2D eigenvalue weighted by Gasteiger charge is 2.27. The summed E-state index contributed by atoms with van der Waals surface area (Å²) in [5.74, 6) is 0.688. The minimum atomic E-state index is -2.75. The SMILES string of the molecule is CCC(C)N1CCN(CCNC2CCS(=O)(=O)C2)CC1. The predicted molar refractivity (Wildman–Crippen MR) is 82.8 cm³/mol. The van der Waals surface area contributed by atoms with Gasteiger partial charge in [-0.25, -0.2) is 8.42 Å². The average Bonchev–Trinajstić information content (AvgIpc) is 2.78. The first kappa shape index (κ1) is 16.2. The van der Waals surface area contributed by atoms with Crippen LogP contribution < -0.4 is 5.32 Å². The van der Waals surface area contributed by atoms with E-state index in [0.29, 0.717) is 17.5 Å². The first-order valence-corrected chi connectivity index (χ1v) is 9.72. The molecule has 0 aliphatic carbocycles. The van der Waals surface area contributed by atoms with Crippen molar-refractivity contribution in [3.63, 3.8) is 0 Å². The van der Waals surface area contributed by atoms with Crippen LogP contribution in [0, 0.1) is 0 Å². The van der Waals surface area contributed by atoms with Crippen LogP contribution >= 0.6 is 0 Å². The average molecular weight is 303 g/mol. The molecule has 0 amide bonds. The number of hydrogen-bond donors (Lipinski definition) is 1. The van der Waals surface area contributed by atoms with E-state index in [4.69, 9.17) is 0 Å². The summed E-state index contributed by atoms with van der Waals surface area (Å²) in [5, 5.41) is 3.40. The summed E-state index contributed by atoms with van der Waals surface area (Å²) in [4.78, 5) is 5.04. The Hall–Kier alpha value is -0.170. The van der Waals surface area contributed by atoms with Crippen LogP contribution in [0.2, 0.25) is 0 Å². The van der Waals surface area contributed by atoms with Gasteiger partial charge in [0.2, 0.25) is 0 Å². The lowest BCUT2D eigenvalue weighted by atomic mass is 10.2. The molecule has 2 heterocycles. The molecule has 5 nitrogen and oxygen atoms in total. The van der Waals surface area contributed by atoms with Gasteiger partial charge in [0.15, 0.2) is 9.84 Å². The van der Waals surface area contributed by atoms with Crippen molar-refractivity contribution in [1.29, 1.82) is 0 Å². The highest BCUT2D eigenvalue weighted by molar-refractivity contribution is 7.91. The van der Waals surface area contributed by atoms with Gasteiger partial charge in [0.05, 0.1) is 11.5 Å². The minimum absolute atomic E-state index is 0.182. The smallest absolute Gasteiger partial charge is 0.151 e. The predicted octanol–water partition coefficient (Wildman–Crippen LogP) is 0.179. The Labute approximate surface area is 123 Å². The van der Waals surface area contributed by atoms with Gasteiger partial charge in [0, 0.05) is 51.4 Å². The molecule has 2 aliphatic heterocycles. The summed E-state index contributed by atoms with van der Waals surface area (Å²) in [6, 6.07) is 0.875. The lowest BCUT2D eigenvalue weighted by Gasteiger charge is -2.38. The van der Waals surface area contributed by atoms with Crippen LogP contribution in [0.5, 0.6) is 0 Å². The van der Waals surface area contributed by atoms with Crippen molar-refractivity contribution in [2.75, 3.05) is 50.8 Å². The molecule has 0 saturated carbocycles. The van der Waals surface area contributed by atoms with E-state index in [-0.39, 0.29) is 6.04 Å². The number of rotatable bonds is 6. The molecule has 2 unspecified atom stereocenters. The van der Waals surface area contributed by atoms with Gasteiger partial charge in [0.1, 0.15) is 0 Å². The quantitative estimate of drug-likeness (QED) is 0.758. The number of nitrogens with one attached hydrogen (secondary N) is 1. The molecule has 0 spiro atoms. The molecule has 1 N–H and O–H groups in total. The molecule has 6 heteroatoms. The van der Waals surface area contributed by atoms with Crippen molar-refractivity contribution >= 4 is 9.84 Å². The third-order valence-electron chi connectivity index (χ3n) is 4.71. The second kappa shape index (κ2) is 7.20. The van der Waals surface area contributed by atoms with Crippen LogP contribution in [-0.2, 0) is 9.84 Å². The Kier molecular flexibility index (Phi) is 5.84. The second-order valence-electron chi connectivity index (χ2n) is 6.19. The zero-order chi connectivity index (χ0) is 14.6. The number of piperazine rings is 1. The number of sulfone groups is 1. The lowest BCUT2D eigenvalue weighted by Crippen LogP contribution is -2.51. The highest BCUT2D eigenvalue weighted by Crippen LogP contribution is 2.11. The van der Waals surface area contributed by atoms with E-state index < -0.39 is 9.84 Å². The molecular formula is C14H29N3O2S. The molecule has 2 rings (SSSR count). The van der Waals surface area contributed by atoms with Crippen LogP contribution in [-0.4, -0.2) is 81.1 Å². The van der Waals surface area contributed by atoms with Crippen LogP contribution in [0.15, 0.2) is 0 Å². The standard InChI is InChI=1S/C14H29N3O2S/c1-3-13(2)17-9-7-16(8-10-17)6-5-15-14-4-11-20(18,19)12-14/h13-15H,3-12H2,1-2H3. The lowest BCUT2D eigenvalue weighted by molar-refractivity contribution is 0.101. The van der Waals surface area contributed by atoms with Crippen LogP contribution in [0.1, 0.15) is 26.7 Å². The maximum atomic E-state index is 11.4. The van der Waals surface area contributed by atoms with Crippen molar-refractivity contribution in [3.05, 3.63) is 0 Å². The molecule has 0 bridgehead atoms. The fourth-order valence-electron chi connectivity index (χ4n) is 3.07. The molecule has 0 aromatic heterocycles. The van der Waals surface area contributed by atoms with Crippen LogP contribution in [0.3, 0.4) is 0 Å². The van der Waals surface area contributed by atoms with Crippen molar-refractivity contribution in [3.8, 4) is 0 Å². The molecule has 20 heavy (non-hydrogen) atoms. The van der Waals surface area contributed by atoms with E-state index >= 15 is 0 Å². The van der Waals surface area contributed by atoms with Crippen LogP contribution in [0.25, 0.3) is 0 Å². The topological polar surface area (TPSA) is 52.6 Å². The molecule has 118 valence electrons. The van der Waals surface area contributed by atoms with Crippen molar-refractivity contribution in [2.24, 2.45) is 0 Å². The van der Waals surface area contributed by atoms with E-state index in [0.717, 1.165) is 45.7 Å². The Morgan fingerprint density at radius 1 is 1.25 bits per heavy atom. The molecule has 0 aromatic rings. The van der Waals surface area contributed by atoms with Gasteiger partial charge in [-0.1, -0.05) is 6.92 Å². The largest absolute Gasteiger partial charge is 0.312 e. The van der Waals surface area contributed by atoms with E-state index in [2.05, 4.69) is 29.0 Å². The van der Waals surface area contributed by atoms with E-state index in [9.17, 15) is 8.42 Å². The van der Waals surface area contributed by atoms with Gasteiger partial charge in [-0.2, -0.15) is 0 Å². The van der Waals surface area contributed by atoms with Gasteiger partial charge in [0.25, 0.3) is 0 Å². The Morgan fingerprint density at radius 2 is 1.95 bits per heavy atom. The van der Waals surface area contributed by atoms with Gasteiger partial charge < -0.3 is 5.32 Å². The van der Waals surface area contributed by atoms with Crippen LogP contribution in [0.4, 0.5) is 0 Å². The summed E-state index contributed by atoms with van der Waals surface area (Å²) < 4.78 is 22.8. The fourth-order valence-corrected chi connectivity index (χ4v) is 4.78. The zero-order valence-corrected chi connectivity index (χ0v) is 13.7. The summed E-state index contributed by atoms with van der Waals surface area (Å²) in [5.41, 5.74) is 0. The molecule has 2 atom stereocenters. The van der Waals surface area contributed by atoms with Gasteiger partial charge in [-0.3, -0.25) is 9.80 Å². The highest BCUT2D eigenvalue weighted by atomic mass is 32.2. The van der Waals surface area contributed by atoms with Gasteiger partial charge in [-0.15, -0.1) is 0 Å². The van der Waals surface area contributed by atoms with Gasteiger partial charge in [-0.05, 0) is 19.8 Å². The first-order valence-electron chi connectivity index (χ1n) is 7.90. The summed E-state index contributed by atoms with van der Waals surface area (Å²) in [7, 11) is -2.75. The first-order chi connectivity index (χ1) is 9.50. The number of nitrogens with zero attached hydrogens (tertiary/aromatic N) is 2. The molecule has 2 saturated heterocycles. The molecule has 2 aliphatic rings. The zero-order valence-electron chi connectivity index (χ0n) is 12.8. The minimum Gasteiger partial charge on any atom is -0.312 e. The summed E-state index contributed by atoms with van der Waals surface area (Å²) >= 11 is 0. The third-order valence-corrected chi connectivity index (χ3v) is 6.48. The maximum Gasteiger partial charge on any atom is 0.151 e. The summed E-state index contributed by atoms with van der Waals surface area (Å²) in [6.07, 6.45) is 2.00. The Morgan fingerprint density at radius 3 is 2.50 bits per heavy atom.